The minimum atomic E-state index is 0.0400. The average molecular weight is 295 g/mol. The highest BCUT2D eigenvalue weighted by molar-refractivity contribution is 6.68. The maximum Gasteiger partial charge on any atom is 0.324 e. The van der Waals surface area contributed by atoms with Crippen molar-refractivity contribution in [1.29, 1.82) is 0 Å². The number of rotatable bonds is 4. The molecular weight excluding hydrogens is 273 g/mol. The van der Waals surface area contributed by atoms with Crippen LogP contribution in [0.5, 0.6) is 11.5 Å². The van der Waals surface area contributed by atoms with Gasteiger partial charge in [-0.1, -0.05) is 31.9 Å². The van der Waals surface area contributed by atoms with Gasteiger partial charge < -0.3 is 15.1 Å². The Labute approximate surface area is 132 Å². The van der Waals surface area contributed by atoms with E-state index >= 15 is 0 Å². The van der Waals surface area contributed by atoms with E-state index in [1.54, 1.807) is 0 Å². The van der Waals surface area contributed by atoms with Crippen molar-refractivity contribution >= 4 is 12.4 Å². The second-order valence-electron chi connectivity index (χ2n) is 5.88. The lowest BCUT2D eigenvalue weighted by Gasteiger charge is -2.15. The Morgan fingerprint density at radius 3 is 2.59 bits per heavy atom. The molecule has 3 rings (SSSR count). The van der Waals surface area contributed by atoms with Gasteiger partial charge in [-0.2, -0.15) is 0 Å². The number of nitrogens with two attached hydrogens (primary N) is 1. The second kappa shape index (κ2) is 6.15. The summed E-state index contributed by atoms with van der Waals surface area (Å²) >= 11 is 0. The van der Waals surface area contributed by atoms with Crippen molar-refractivity contribution in [3.05, 3.63) is 53.1 Å². The molecule has 0 bridgehead atoms. The fourth-order valence-corrected chi connectivity index (χ4v) is 3.05. The zero-order valence-electron chi connectivity index (χ0n) is 13.4. The van der Waals surface area contributed by atoms with E-state index in [0.717, 1.165) is 23.5 Å². The molecule has 0 saturated carbocycles. The molecule has 0 radical (unpaired) electrons. The van der Waals surface area contributed by atoms with Crippen molar-refractivity contribution in [1.82, 2.24) is 0 Å². The fraction of sp³-hybridized carbons (Fsp3) is 0.333. The Morgan fingerprint density at radius 2 is 1.95 bits per heavy atom. The predicted octanol–water partition coefficient (Wildman–Crippen LogP) is 3.42. The summed E-state index contributed by atoms with van der Waals surface area (Å²) in [6, 6.07) is 12.2. The summed E-state index contributed by atoms with van der Waals surface area (Å²) in [4.78, 5) is 0. The lowest BCUT2D eigenvalue weighted by Crippen LogP contribution is -2.28. The van der Waals surface area contributed by atoms with Gasteiger partial charge in [0.1, 0.15) is 11.5 Å². The van der Waals surface area contributed by atoms with Gasteiger partial charge in [-0.3, -0.25) is 0 Å². The Morgan fingerprint density at radius 1 is 1.23 bits per heavy atom. The molecule has 1 atom stereocenters. The highest BCUT2D eigenvalue weighted by Crippen LogP contribution is 2.29. The number of ether oxygens (including phenoxy) is 1. The SMILES string of the molecule is CCc1c(Oc2ccc([C@H](C)N)cc2)ccc2c1B(C)OC2. The normalized spacial score (nSPS) is 14.8. The van der Waals surface area contributed by atoms with Gasteiger partial charge in [0.05, 0.1) is 6.61 Å². The number of hydrogen-bond acceptors (Lipinski definition) is 3. The Hall–Kier alpha value is -1.78. The average Bonchev–Trinajstić information content (AvgIpc) is 2.89. The van der Waals surface area contributed by atoms with E-state index in [1.165, 1.54) is 16.6 Å². The van der Waals surface area contributed by atoms with Crippen LogP contribution in [0.3, 0.4) is 0 Å². The largest absolute Gasteiger partial charge is 0.457 e. The molecule has 2 aromatic carbocycles. The molecule has 0 aliphatic carbocycles. The Balaban J connectivity index is 1.91. The van der Waals surface area contributed by atoms with Crippen LogP contribution in [0.2, 0.25) is 6.82 Å². The van der Waals surface area contributed by atoms with Gasteiger partial charge in [-0.05, 0) is 53.7 Å². The van der Waals surface area contributed by atoms with Gasteiger partial charge in [0.15, 0.2) is 0 Å². The van der Waals surface area contributed by atoms with Crippen LogP contribution in [0.25, 0.3) is 0 Å². The fourth-order valence-electron chi connectivity index (χ4n) is 3.05. The maximum absolute atomic E-state index is 6.11. The van der Waals surface area contributed by atoms with Gasteiger partial charge in [0.2, 0.25) is 0 Å². The van der Waals surface area contributed by atoms with E-state index in [4.69, 9.17) is 15.1 Å². The first kappa shape index (κ1) is 15.1. The monoisotopic (exact) mass is 295 g/mol. The van der Waals surface area contributed by atoms with E-state index in [-0.39, 0.29) is 13.0 Å². The van der Waals surface area contributed by atoms with Crippen molar-refractivity contribution in [2.75, 3.05) is 0 Å². The summed E-state index contributed by atoms with van der Waals surface area (Å²) in [5.41, 5.74) is 10.8. The molecule has 0 amide bonds. The zero-order valence-corrected chi connectivity index (χ0v) is 13.4. The molecular formula is C18H22BNO2. The van der Waals surface area contributed by atoms with Gasteiger partial charge in [-0.15, -0.1) is 0 Å². The highest BCUT2D eigenvalue weighted by Gasteiger charge is 2.27. The molecule has 1 aliphatic heterocycles. The third-order valence-electron chi connectivity index (χ3n) is 4.29. The minimum Gasteiger partial charge on any atom is -0.457 e. The maximum atomic E-state index is 6.11. The van der Waals surface area contributed by atoms with Crippen LogP contribution in [-0.2, 0) is 17.7 Å². The topological polar surface area (TPSA) is 44.5 Å². The molecule has 2 N–H and O–H groups in total. The van der Waals surface area contributed by atoms with Crippen molar-refractivity contribution in [3.8, 4) is 11.5 Å². The number of fused-ring (bicyclic) bond motifs is 1. The van der Waals surface area contributed by atoms with E-state index in [2.05, 4.69) is 25.9 Å². The van der Waals surface area contributed by atoms with Gasteiger partial charge in [0.25, 0.3) is 0 Å². The molecule has 1 heterocycles. The first-order chi connectivity index (χ1) is 10.6. The number of benzene rings is 2. The first-order valence-electron chi connectivity index (χ1n) is 7.89. The molecule has 0 saturated heterocycles. The van der Waals surface area contributed by atoms with Crippen LogP contribution in [0, 0.1) is 0 Å². The molecule has 114 valence electrons. The molecule has 2 aromatic rings. The molecule has 0 fully saturated rings. The summed E-state index contributed by atoms with van der Waals surface area (Å²) in [6.07, 6.45) is 0.935. The van der Waals surface area contributed by atoms with E-state index in [1.807, 2.05) is 31.2 Å². The van der Waals surface area contributed by atoms with Crippen LogP contribution in [-0.4, -0.2) is 6.92 Å². The highest BCUT2D eigenvalue weighted by atomic mass is 16.5. The summed E-state index contributed by atoms with van der Waals surface area (Å²) < 4.78 is 11.9. The second-order valence-corrected chi connectivity index (χ2v) is 5.88. The molecule has 1 aliphatic rings. The third kappa shape index (κ3) is 2.76. The summed E-state index contributed by atoms with van der Waals surface area (Å²) in [7, 11) is 0. The standard InChI is InChI=1S/C18H22BNO2/c1-4-16-17(10-7-14-11-21-19(3)18(14)16)22-15-8-5-13(6-9-15)12(2)20/h5-10,12H,4,11,20H2,1-3H3/t12-/m0/s1. The molecule has 4 heteroatoms. The molecule has 0 unspecified atom stereocenters. The summed E-state index contributed by atoms with van der Waals surface area (Å²) in [6.45, 7) is 7.09. The van der Waals surface area contributed by atoms with Crippen LogP contribution in [0.15, 0.2) is 36.4 Å². The van der Waals surface area contributed by atoms with Crippen LogP contribution in [0.4, 0.5) is 0 Å². The smallest absolute Gasteiger partial charge is 0.324 e. The van der Waals surface area contributed by atoms with Crippen LogP contribution < -0.4 is 15.9 Å². The number of hydrogen-bond donors (Lipinski definition) is 1. The van der Waals surface area contributed by atoms with Crippen LogP contribution >= 0.6 is 0 Å². The van der Waals surface area contributed by atoms with Crippen LogP contribution in [0.1, 0.15) is 36.6 Å². The van der Waals surface area contributed by atoms with Gasteiger partial charge >= 0.3 is 6.92 Å². The Bertz CT molecular complexity index is 668. The van der Waals surface area contributed by atoms with Gasteiger partial charge in [-0.25, -0.2) is 0 Å². The van der Waals surface area contributed by atoms with Crippen molar-refractivity contribution in [2.24, 2.45) is 5.73 Å². The van der Waals surface area contributed by atoms with Gasteiger partial charge in [0, 0.05) is 6.04 Å². The zero-order chi connectivity index (χ0) is 15.7. The molecule has 3 nitrogen and oxygen atoms in total. The van der Waals surface area contributed by atoms with Crippen molar-refractivity contribution in [2.45, 2.75) is 39.7 Å². The van der Waals surface area contributed by atoms with E-state index in [0.29, 0.717) is 6.61 Å². The molecule has 0 spiro atoms. The van der Waals surface area contributed by atoms with E-state index in [9.17, 15) is 0 Å². The quantitative estimate of drug-likeness (QED) is 0.879. The first-order valence-corrected chi connectivity index (χ1v) is 7.89. The van der Waals surface area contributed by atoms with E-state index < -0.39 is 0 Å². The molecule has 22 heavy (non-hydrogen) atoms. The summed E-state index contributed by atoms with van der Waals surface area (Å²) in [5.74, 6) is 1.76. The van der Waals surface area contributed by atoms with Crippen molar-refractivity contribution in [3.63, 3.8) is 0 Å². The third-order valence-corrected chi connectivity index (χ3v) is 4.29. The lowest BCUT2D eigenvalue weighted by molar-refractivity contribution is 0.333. The van der Waals surface area contributed by atoms with Crippen molar-refractivity contribution < 1.29 is 9.39 Å². The Kier molecular flexibility index (Phi) is 4.23. The predicted molar refractivity (Wildman–Crippen MR) is 91.0 cm³/mol. The molecule has 0 aromatic heterocycles. The minimum absolute atomic E-state index is 0.0400. The summed E-state index contributed by atoms with van der Waals surface area (Å²) in [5, 5.41) is 0. The lowest BCUT2D eigenvalue weighted by atomic mass is 9.62.